The first-order valence-electron chi connectivity index (χ1n) is 8.71. The predicted octanol–water partition coefficient (Wildman–Crippen LogP) is 3.73. The zero-order chi connectivity index (χ0) is 20.1. The van der Waals surface area contributed by atoms with Crippen molar-refractivity contribution in [2.75, 3.05) is 6.26 Å². The molecule has 1 unspecified atom stereocenters. The molecule has 0 fully saturated rings. The maximum Gasteiger partial charge on any atom is 0.272 e. The molecule has 0 aliphatic rings. The molecule has 3 rings (SSSR count). The summed E-state index contributed by atoms with van der Waals surface area (Å²) >= 11 is 1.32. The van der Waals surface area contributed by atoms with Crippen molar-refractivity contribution in [1.82, 2.24) is 15.3 Å². The predicted molar refractivity (Wildman–Crippen MR) is 113 cm³/mol. The van der Waals surface area contributed by atoms with Gasteiger partial charge in [-0.1, -0.05) is 12.0 Å². The van der Waals surface area contributed by atoms with Crippen molar-refractivity contribution in [3.63, 3.8) is 0 Å². The lowest BCUT2D eigenvalue weighted by atomic mass is 9.96. The summed E-state index contributed by atoms with van der Waals surface area (Å²) in [5.41, 5.74) is 1.16. The number of terminal acetylenes is 1. The number of ether oxygens (including phenoxy) is 1. The lowest BCUT2D eigenvalue weighted by Crippen LogP contribution is -2.46. The summed E-state index contributed by atoms with van der Waals surface area (Å²) in [5, 5.41) is 3.90. The van der Waals surface area contributed by atoms with E-state index in [0.29, 0.717) is 11.3 Å². The number of thioether (sulfide) groups is 1. The number of carbonyl (C=O) groups is 1. The molecule has 3 aromatic rings. The Labute approximate surface area is 168 Å². The van der Waals surface area contributed by atoms with Crippen LogP contribution in [0.5, 0.6) is 5.75 Å². The summed E-state index contributed by atoms with van der Waals surface area (Å²) in [6.07, 6.45) is 12.4. The van der Waals surface area contributed by atoms with Crippen LogP contribution in [-0.2, 0) is 10.3 Å². The molecule has 0 bridgehead atoms. The van der Waals surface area contributed by atoms with E-state index in [2.05, 4.69) is 21.2 Å². The van der Waals surface area contributed by atoms with E-state index in [9.17, 15) is 4.79 Å². The van der Waals surface area contributed by atoms with E-state index in [1.807, 2.05) is 50.4 Å². The summed E-state index contributed by atoms with van der Waals surface area (Å²) in [5.74, 6) is 2.94. The number of amides is 1. The van der Waals surface area contributed by atoms with Crippen molar-refractivity contribution < 1.29 is 9.53 Å². The number of benzene rings is 1. The average molecular weight is 391 g/mol. The second-order valence-electron chi connectivity index (χ2n) is 6.76. The molecule has 0 aliphatic heterocycles. The third kappa shape index (κ3) is 4.44. The Bertz CT molecular complexity index is 1030. The summed E-state index contributed by atoms with van der Waals surface area (Å²) in [7, 11) is 0. The number of nitrogens with zero attached hydrogens (tertiary/aromatic N) is 2. The van der Waals surface area contributed by atoms with Gasteiger partial charge < -0.3 is 10.1 Å². The van der Waals surface area contributed by atoms with E-state index in [1.165, 1.54) is 11.8 Å². The van der Waals surface area contributed by atoms with E-state index in [4.69, 9.17) is 11.2 Å². The van der Waals surface area contributed by atoms with Gasteiger partial charge in [-0.15, -0.1) is 18.2 Å². The standard InChI is InChI=1S/C22H21N3O2S/c1-5-15-11-16-12-18(8-9-19(16)24-13-15)27-21(28-4)20(26)25-22(2,3)17-7-6-10-23-14-17/h1,6-14,21H,2-4H3,(H,25,26). The van der Waals surface area contributed by atoms with Gasteiger partial charge in [0.2, 0.25) is 5.44 Å². The molecular weight excluding hydrogens is 370 g/mol. The Kier molecular flexibility index (Phi) is 5.86. The minimum Gasteiger partial charge on any atom is -0.470 e. The monoisotopic (exact) mass is 391 g/mol. The molecule has 2 aromatic heterocycles. The van der Waals surface area contributed by atoms with Crippen LogP contribution in [0.2, 0.25) is 0 Å². The number of hydrogen-bond donors (Lipinski definition) is 1. The highest BCUT2D eigenvalue weighted by atomic mass is 32.2. The average Bonchev–Trinajstić information content (AvgIpc) is 2.71. The maximum atomic E-state index is 12.8. The fourth-order valence-corrected chi connectivity index (χ4v) is 3.25. The Morgan fingerprint density at radius 3 is 2.79 bits per heavy atom. The molecule has 0 radical (unpaired) electrons. The molecule has 0 saturated heterocycles. The third-order valence-electron chi connectivity index (χ3n) is 4.31. The molecule has 28 heavy (non-hydrogen) atoms. The number of pyridine rings is 2. The van der Waals surface area contributed by atoms with E-state index >= 15 is 0 Å². The zero-order valence-electron chi connectivity index (χ0n) is 16.0. The van der Waals surface area contributed by atoms with Gasteiger partial charge in [-0.05, 0) is 56.0 Å². The van der Waals surface area contributed by atoms with Gasteiger partial charge in [-0.2, -0.15) is 0 Å². The first-order chi connectivity index (χ1) is 13.4. The second kappa shape index (κ2) is 8.32. The number of aromatic nitrogens is 2. The summed E-state index contributed by atoms with van der Waals surface area (Å²) in [6, 6.07) is 11.1. The smallest absolute Gasteiger partial charge is 0.272 e. The summed E-state index contributed by atoms with van der Waals surface area (Å²) in [6.45, 7) is 3.87. The first-order valence-corrected chi connectivity index (χ1v) is 10.00. The van der Waals surface area contributed by atoms with Gasteiger partial charge in [-0.25, -0.2) is 0 Å². The number of rotatable bonds is 6. The molecule has 2 heterocycles. The molecule has 0 saturated carbocycles. The van der Waals surface area contributed by atoms with Crippen LogP contribution in [-0.4, -0.2) is 27.6 Å². The van der Waals surface area contributed by atoms with Crippen LogP contribution in [0.3, 0.4) is 0 Å². The Morgan fingerprint density at radius 2 is 2.11 bits per heavy atom. The lowest BCUT2D eigenvalue weighted by molar-refractivity contribution is -0.126. The van der Waals surface area contributed by atoms with Gasteiger partial charge in [0.05, 0.1) is 11.1 Å². The van der Waals surface area contributed by atoms with Crippen LogP contribution in [0, 0.1) is 12.3 Å². The maximum absolute atomic E-state index is 12.8. The Hall–Kier alpha value is -3.04. The van der Waals surface area contributed by atoms with Crippen molar-refractivity contribution in [3.8, 4) is 18.1 Å². The molecule has 1 N–H and O–H groups in total. The van der Waals surface area contributed by atoms with E-state index < -0.39 is 11.0 Å². The van der Waals surface area contributed by atoms with Crippen LogP contribution in [0.15, 0.2) is 55.0 Å². The van der Waals surface area contributed by atoms with Crippen LogP contribution < -0.4 is 10.1 Å². The second-order valence-corrected chi connectivity index (χ2v) is 7.66. The molecular formula is C22H21N3O2S. The molecule has 142 valence electrons. The number of fused-ring (bicyclic) bond motifs is 1. The minimum absolute atomic E-state index is 0.211. The summed E-state index contributed by atoms with van der Waals surface area (Å²) in [4.78, 5) is 21.3. The fraction of sp³-hybridized carbons (Fsp3) is 0.227. The highest BCUT2D eigenvalue weighted by molar-refractivity contribution is 7.99. The quantitative estimate of drug-likeness (QED) is 0.512. The molecule has 0 aliphatic carbocycles. The van der Waals surface area contributed by atoms with Crippen molar-refractivity contribution >= 4 is 28.6 Å². The van der Waals surface area contributed by atoms with Crippen molar-refractivity contribution in [3.05, 3.63) is 66.1 Å². The highest BCUT2D eigenvalue weighted by Crippen LogP contribution is 2.25. The molecule has 5 nitrogen and oxygen atoms in total. The van der Waals surface area contributed by atoms with Crippen molar-refractivity contribution in [2.45, 2.75) is 24.8 Å². The first kappa shape index (κ1) is 19.7. The molecule has 6 heteroatoms. The van der Waals surface area contributed by atoms with Gasteiger partial charge in [-0.3, -0.25) is 14.8 Å². The van der Waals surface area contributed by atoms with Crippen LogP contribution >= 0.6 is 11.8 Å². The summed E-state index contributed by atoms with van der Waals surface area (Å²) < 4.78 is 5.94. The molecule has 1 amide bonds. The Morgan fingerprint density at radius 1 is 1.29 bits per heavy atom. The third-order valence-corrected chi connectivity index (χ3v) is 5.05. The van der Waals surface area contributed by atoms with E-state index in [1.54, 1.807) is 24.7 Å². The van der Waals surface area contributed by atoms with Crippen LogP contribution in [0.1, 0.15) is 25.0 Å². The number of carbonyl (C=O) groups excluding carboxylic acids is 1. The van der Waals surface area contributed by atoms with Gasteiger partial charge >= 0.3 is 0 Å². The normalized spacial score (nSPS) is 12.2. The van der Waals surface area contributed by atoms with Crippen molar-refractivity contribution in [1.29, 1.82) is 0 Å². The fourth-order valence-electron chi connectivity index (χ4n) is 2.77. The zero-order valence-corrected chi connectivity index (χ0v) is 16.8. The van der Waals surface area contributed by atoms with Gasteiger partial charge in [0.1, 0.15) is 5.75 Å². The topological polar surface area (TPSA) is 64.1 Å². The largest absolute Gasteiger partial charge is 0.470 e. The highest BCUT2D eigenvalue weighted by Gasteiger charge is 2.28. The van der Waals surface area contributed by atoms with Crippen molar-refractivity contribution in [2.24, 2.45) is 0 Å². The van der Waals surface area contributed by atoms with Gasteiger partial charge in [0.15, 0.2) is 0 Å². The van der Waals surface area contributed by atoms with E-state index in [-0.39, 0.29) is 5.91 Å². The van der Waals surface area contributed by atoms with Crippen LogP contribution in [0.25, 0.3) is 10.9 Å². The Balaban J connectivity index is 1.77. The minimum atomic E-state index is -0.697. The molecule has 1 aromatic carbocycles. The van der Waals surface area contributed by atoms with Gasteiger partial charge in [0, 0.05) is 29.5 Å². The molecule has 1 atom stereocenters. The van der Waals surface area contributed by atoms with Gasteiger partial charge in [0.25, 0.3) is 5.91 Å². The SMILES string of the molecule is C#Cc1cnc2ccc(OC(SC)C(=O)NC(C)(C)c3cccnc3)cc2c1. The van der Waals surface area contributed by atoms with Crippen LogP contribution in [0.4, 0.5) is 0 Å². The number of hydrogen-bond acceptors (Lipinski definition) is 5. The molecule has 0 spiro atoms. The van der Waals surface area contributed by atoms with E-state index in [0.717, 1.165) is 16.5 Å². The number of nitrogens with one attached hydrogen (secondary N) is 1. The lowest BCUT2D eigenvalue weighted by Gasteiger charge is -2.28.